The van der Waals surface area contributed by atoms with Gasteiger partial charge in [-0.15, -0.1) is 0 Å². The smallest absolute Gasteiger partial charge is 0.195 e. The lowest BCUT2D eigenvalue weighted by Crippen LogP contribution is -2.08. The maximum Gasteiger partial charge on any atom is 0.195 e. The molecule has 0 radical (unpaired) electrons. The predicted molar refractivity (Wildman–Crippen MR) is 50.7 cm³/mol. The van der Waals surface area contributed by atoms with E-state index in [4.69, 9.17) is 28.9 Å². The van der Waals surface area contributed by atoms with Gasteiger partial charge in [-0.05, 0) is 12.1 Å². The highest BCUT2D eigenvalue weighted by Gasteiger charge is 2.13. The lowest BCUT2D eigenvalue weighted by Gasteiger charge is -2.00. The molecule has 0 aliphatic carbocycles. The fraction of sp³-hybridized carbons (Fsp3) is 0.125. The number of Topliss-reactive ketones (excluding diaryl/α,β-unsaturated/α-hetero) is 1. The van der Waals surface area contributed by atoms with Crippen LogP contribution in [0.3, 0.4) is 0 Å². The summed E-state index contributed by atoms with van der Waals surface area (Å²) in [5.41, 5.74) is 6.42. The zero-order valence-corrected chi connectivity index (χ0v) is 7.64. The number of benzene rings is 1. The molecular formula is C8H7Cl2NO. The first-order valence-corrected chi connectivity index (χ1v) is 4.16. The van der Waals surface area contributed by atoms with Crippen molar-refractivity contribution in [3.05, 3.63) is 29.8 Å². The molecular weight excluding hydrogens is 197 g/mol. The zero-order valence-electron chi connectivity index (χ0n) is 6.13. The molecule has 1 rings (SSSR count). The number of nitrogen functional groups attached to an aromatic ring is 1. The van der Waals surface area contributed by atoms with Crippen LogP contribution < -0.4 is 5.73 Å². The van der Waals surface area contributed by atoms with Crippen molar-refractivity contribution in [2.24, 2.45) is 0 Å². The molecule has 1 aromatic rings. The third-order valence-corrected chi connectivity index (χ3v) is 1.77. The highest BCUT2D eigenvalue weighted by atomic mass is 35.5. The molecule has 0 saturated heterocycles. The molecule has 0 saturated carbocycles. The second kappa shape index (κ2) is 3.78. The maximum absolute atomic E-state index is 11.2. The molecule has 64 valence electrons. The van der Waals surface area contributed by atoms with Crippen LogP contribution in [0, 0.1) is 0 Å². The van der Waals surface area contributed by atoms with Gasteiger partial charge in [-0.1, -0.05) is 35.3 Å². The molecule has 0 bridgehead atoms. The van der Waals surface area contributed by atoms with Crippen LogP contribution in [-0.2, 0) is 0 Å². The van der Waals surface area contributed by atoms with E-state index in [0.717, 1.165) is 0 Å². The molecule has 0 heterocycles. The molecule has 0 spiro atoms. The number of ketones is 1. The average molecular weight is 204 g/mol. The number of rotatable bonds is 2. The van der Waals surface area contributed by atoms with Crippen LogP contribution in [-0.4, -0.2) is 10.6 Å². The van der Waals surface area contributed by atoms with Gasteiger partial charge in [0.2, 0.25) is 0 Å². The molecule has 0 atom stereocenters. The Kier molecular flexibility index (Phi) is 2.95. The van der Waals surface area contributed by atoms with Gasteiger partial charge in [-0.25, -0.2) is 0 Å². The Morgan fingerprint density at radius 1 is 1.42 bits per heavy atom. The minimum Gasteiger partial charge on any atom is -0.399 e. The number of alkyl halides is 2. The molecule has 1 aromatic carbocycles. The summed E-state index contributed by atoms with van der Waals surface area (Å²) in [6, 6.07) is 6.53. The van der Waals surface area contributed by atoms with Gasteiger partial charge < -0.3 is 5.73 Å². The summed E-state index contributed by atoms with van der Waals surface area (Å²) in [4.78, 5) is 10.2. The van der Waals surface area contributed by atoms with E-state index < -0.39 is 4.84 Å². The van der Waals surface area contributed by atoms with E-state index in [1.54, 1.807) is 24.3 Å². The first kappa shape index (κ1) is 9.36. The van der Waals surface area contributed by atoms with Crippen LogP contribution in [0.15, 0.2) is 24.3 Å². The third kappa shape index (κ3) is 2.13. The fourth-order valence-electron chi connectivity index (χ4n) is 0.818. The number of hydrogen-bond acceptors (Lipinski definition) is 2. The van der Waals surface area contributed by atoms with E-state index in [2.05, 4.69) is 0 Å². The van der Waals surface area contributed by atoms with Crippen LogP contribution in [0.4, 0.5) is 5.69 Å². The van der Waals surface area contributed by atoms with Gasteiger partial charge in [0, 0.05) is 11.3 Å². The minimum atomic E-state index is -1.02. The quantitative estimate of drug-likeness (QED) is 0.456. The van der Waals surface area contributed by atoms with Crippen molar-refractivity contribution in [2.45, 2.75) is 4.84 Å². The monoisotopic (exact) mass is 203 g/mol. The summed E-state index contributed by atoms with van der Waals surface area (Å²) in [7, 11) is 0. The Morgan fingerprint density at radius 2 is 2.08 bits per heavy atom. The molecule has 0 aromatic heterocycles. The summed E-state index contributed by atoms with van der Waals surface area (Å²) >= 11 is 10.8. The standard InChI is InChI=1S/C8H7Cl2NO/c9-8(10)7(12)5-2-1-3-6(11)4-5/h1-4,8H,11H2. The van der Waals surface area contributed by atoms with Gasteiger partial charge in [0.1, 0.15) is 0 Å². The molecule has 2 nitrogen and oxygen atoms in total. The summed E-state index contributed by atoms with van der Waals surface area (Å²) < 4.78 is 0. The topological polar surface area (TPSA) is 43.1 Å². The van der Waals surface area contributed by atoms with Crippen molar-refractivity contribution >= 4 is 34.7 Å². The third-order valence-electron chi connectivity index (χ3n) is 1.37. The Morgan fingerprint density at radius 3 is 2.58 bits per heavy atom. The number of hydrogen-bond donors (Lipinski definition) is 1. The van der Waals surface area contributed by atoms with Crippen molar-refractivity contribution in [3.8, 4) is 0 Å². The van der Waals surface area contributed by atoms with Crippen LogP contribution >= 0.6 is 23.2 Å². The predicted octanol–water partition coefficient (Wildman–Crippen LogP) is 2.26. The number of carbonyl (C=O) groups is 1. The van der Waals surface area contributed by atoms with Crippen LogP contribution in [0.2, 0.25) is 0 Å². The van der Waals surface area contributed by atoms with E-state index in [1.165, 1.54) is 0 Å². The molecule has 0 amide bonds. The highest BCUT2D eigenvalue weighted by Crippen LogP contribution is 2.13. The maximum atomic E-state index is 11.2. The number of carbonyl (C=O) groups excluding carboxylic acids is 1. The average Bonchev–Trinajstić information content (AvgIpc) is 2.03. The Hall–Kier alpha value is -0.730. The van der Waals surface area contributed by atoms with E-state index in [1.807, 2.05) is 0 Å². The lowest BCUT2D eigenvalue weighted by molar-refractivity contribution is 0.101. The molecule has 12 heavy (non-hydrogen) atoms. The van der Waals surface area contributed by atoms with Gasteiger partial charge >= 0.3 is 0 Å². The van der Waals surface area contributed by atoms with Crippen molar-refractivity contribution in [3.63, 3.8) is 0 Å². The van der Waals surface area contributed by atoms with Crippen LogP contribution in [0.1, 0.15) is 10.4 Å². The number of anilines is 1. The Labute approximate surface area is 80.3 Å². The number of nitrogens with two attached hydrogens (primary N) is 1. The summed E-state index contributed by atoms with van der Waals surface area (Å²) in [6.45, 7) is 0. The first-order chi connectivity index (χ1) is 5.61. The molecule has 4 heteroatoms. The summed E-state index contributed by atoms with van der Waals surface area (Å²) in [5, 5.41) is 0. The second-order valence-electron chi connectivity index (χ2n) is 2.29. The Bertz CT molecular complexity index is 299. The summed E-state index contributed by atoms with van der Waals surface area (Å²) in [5.74, 6) is -0.328. The van der Waals surface area contributed by atoms with Crippen LogP contribution in [0.25, 0.3) is 0 Å². The van der Waals surface area contributed by atoms with Gasteiger partial charge in [0.15, 0.2) is 10.6 Å². The highest BCUT2D eigenvalue weighted by molar-refractivity contribution is 6.55. The number of halogens is 2. The van der Waals surface area contributed by atoms with Crippen molar-refractivity contribution in [1.29, 1.82) is 0 Å². The van der Waals surface area contributed by atoms with E-state index in [9.17, 15) is 4.79 Å². The largest absolute Gasteiger partial charge is 0.399 e. The van der Waals surface area contributed by atoms with Gasteiger partial charge in [0.25, 0.3) is 0 Å². The molecule has 0 aliphatic heterocycles. The molecule has 2 N–H and O–H groups in total. The molecule has 0 aliphatic rings. The second-order valence-corrected chi connectivity index (χ2v) is 3.39. The van der Waals surface area contributed by atoms with E-state index in [0.29, 0.717) is 11.3 Å². The molecule has 0 fully saturated rings. The SMILES string of the molecule is Nc1cccc(C(=O)C(Cl)Cl)c1. The van der Waals surface area contributed by atoms with Gasteiger partial charge in [-0.2, -0.15) is 0 Å². The normalized spacial score (nSPS) is 10.2. The lowest BCUT2D eigenvalue weighted by atomic mass is 10.1. The molecule has 0 unspecified atom stereocenters. The summed E-state index contributed by atoms with van der Waals surface area (Å²) in [6.07, 6.45) is 0. The fourth-order valence-corrected chi connectivity index (χ4v) is 1.07. The first-order valence-electron chi connectivity index (χ1n) is 3.29. The van der Waals surface area contributed by atoms with Crippen molar-refractivity contribution < 1.29 is 4.79 Å². The van der Waals surface area contributed by atoms with E-state index in [-0.39, 0.29) is 5.78 Å². The van der Waals surface area contributed by atoms with Crippen molar-refractivity contribution in [1.82, 2.24) is 0 Å². The van der Waals surface area contributed by atoms with Crippen molar-refractivity contribution in [2.75, 3.05) is 5.73 Å². The van der Waals surface area contributed by atoms with Gasteiger partial charge in [0.05, 0.1) is 0 Å². The minimum absolute atomic E-state index is 0.328. The Balaban J connectivity index is 2.96. The zero-order chi connectivity index (χ0) is 9.14. The van der Waals surface area contributed by atoms with Crippen LogP contribution in [0.5, 0.6) is 0 Å². The van der Waals surface area contributed by atoms with Gasteiger partial charge in [-0.3, -0.25) is 4.79 Å². The van der Waals surface area contributed by atoms with E-state index >= 15 is 0 Å².